The number of nitrogens with one attached hydrogen (secondary N) is 2. The quantitative estimate of drug-likeness (QED) is 0.480. The molecular formula is C23H24Cl2N2O2. The number of rotatable bonds is 1. The molecule has 29 heavy (non-hydrogen) atoms. The summed E-state index contributed by atoms with van der Waals surface area (Å²) in [5, 5.41) is 18.3. The molecule has 0 amide bonds. The lowest BCUT2D eigenvalue weighted by molar-refractivity contribution is -0.118. The second-order valence-electron chi connectivity index (χ2n) is 8.84. The van der Waals surface area contributed by atoms with Gasteiger partial charge in [-0.05, 0) is 61.1 Å². The molecule has 0 bridgehead atoms. The summed E-state index contributed by atoms with van der Waals surface area (Å²) in [5.41, 5.74) is 5.94. The van der Waals surface area contributed by atoms with E-state index in [2.05, 4.69) is 43.5 Å². The summed E-state index contributed by atoms with van der Waals surface area (Å²) < 4.78 is 0. The number of carbonyl (C=O) groups is 1. The molecule has 3 N–H and O–H groups in total. The topological polar surface area (TPSA) is 61.4 Å². The van der Waals surface area contributed by atoms with Crippen molar-refractivity contribution in [1.82, 2.24) is 0 Å². The van der Waals surface area contributed by atoms with E-state index < -0.39 is 6.04 Å². The van der Waals surface area contributed by atoms with Crippen molar-refractivity contribution in [1.29, 1.82) is 0 Å². The number of aryl methyl sites for hydroxylation is 2. The van der Waals surface area contributed by atoms with E-state index in [9.17, 15) is 9.90 Å². The Labute approximate surface area is 180 Å². The maximum atomic E-state index is 13.3. The highest BCUT2D eigenvalue weighted by atomic mass is 35.5. The standard InChI is InChI=1S/C23H24Cl2N2O2/c1-11-5-16-17(6-12(11)2)27-21(14-7-13(24)8-15(25)22(14)29)20-18(26-16)9-23(3,4)10-19(20)28/h5-8,21,26-27,29H,9-10H2,1-4H3. The predicted molar refractivity (Wildman–Crippen MR) is 119 cm³/mol. The zero-order valence-corrected chi connectivity index (χ0v) is 18.4. The molecule has 2 aliphatic rings. The number of halogens is 2. The molecule has 1 unspecified atom stereocenters. The smallest absolute Gasteiger partial charge is 0.163 e. The number of ketones is 1. The van der Waals surface area contributed by atoms with Crippen molar-refractivity contribution in [2.45, 2.75) is 46.6 Å². The Morgan fingerprint density at radius 2 is 1.69 bits per heavy atom. The summed E-state index contributed by atoms with van der Waals surface area (Å²) in [7, 11) is 0. The monoisotopic (exact) mass is 430 g/mol. The van der Waals surface area contributed by atoms with Gasteiger partial charge in [0.05, 0.1) is 22.4 Å². The van der Waals surface area contributed by atoms with Crippen molar-refractivity contribution in [2.75, 3.05) is 10.6 Å². The van der Waals surface area contributed by atoms with Crippen LogP contribution >= 0.6 is 23.2 Å². The minimum absolute atomic E-state index is 0.0537. The van der Waals surface area contributed by atoms with Gasteiger partial charge < -0.3 is 15.7 Å². The fourth-order valence-corrected chi connectivity index (χ4v) is 4.76. The Balaban J connectivity index is 1.97. The van der Waals surface area contributed by atoms with Crippen LogP contribution in [-0.4, -0.2) is 10.9 Å². The third kappa shape index (κ3) is 3.60. The van der Waals surface area contributed by atoms with Gasteiger partial charge in [0.15, 0.2) is 5.78 Å². The molecule has 4 nitrogen and oxygen atoms in total. The zero-order valence-electron chi connectivity index (χ0n) is 16.9. The Bertz CT molecular complexity index is 1070. The lowest BCUT2D eigenvalue weighted by atomic mass is 9.73. The number of aromatic hydroxyl groups is 1. The van der Waals surface area contributed by atoms with E-state index in [-0.39, 0.29) is 22.0 Å². The second kappa shape index (κ2) is 6.96. The largest absolute Gasteiger partial charge is 0.506 e. The number of fused-ring (bicyclic) bond motifs is 1. The van der Waals surface area contributed by atoms with Crippen LogP contribution in [0, 0.1) is 19.3 Å². The molecule has 0 fully saturated rings. The third-order valence-corrected chi connectivity index (χ3v) is 6.30. The molecule has 0 saturated heterocycles. The number of hydrogen-bond acceptors (Lipinski definition) is 4. The number of phenolic OH excluding ortho intramolecular Hbond substituents is 1. The summed E-state index contributed by atoms with van der Waals surface area (Å²) in [6.45, 7) is 8.30. The molecule has 4 rings (SSSR count). The van der Waals surface area contributed by atoms with Gasteiger partial charge in [-0.2, -0.15) is 0 Å². The maximum Gasteiger partial charge on any atom is 0.163 e. The number of anilines is 2. The third-order valence-electron chi connectivity index (χ3n) is 5.80. The van der Waals surface area contributed by atoms with E-state index in [0.29, 0.717) is 22.6 Å². The fraction of sp³-hybridized carbons (Fsp3) is 0.348. The van der Waals surface area contributed by atoms with Crippen molar-refractivity contribution >= 4 is 40.4 Å². The van der Waals surface area contributed by atoms with Crippen LogP contribution in [0.4, 0.5) is 11.4 Å². The van der Waals surface area contributed by atoms with Crippen LogP contribution in [-0.2, 0) is 4.79 Å². The van der Waals surface area contributed by atoms with E-state index >= 15 is 0 Å². The molecule has 6 heteroatoms. The van der Waals surface area contributed by atoms with Gasteiger partial charge in [0.2, 0.25) is 0 Å². The first-order chi connectivity index (χ1) is 13.6. The first-order valence-electron chi connectivity index (χ1n) is 9.65. The Morgan fingerprint density at radius 1 is 1.03 bits per heavy atom. The van der Waals surface area contributed by atoms with Gasteiger partial charge in [0, 0.05) is 28.3 Å². The Morgan fingerprint density at radius 3 is 2.38 bits per heavy atom. The van der Waals surface area contributed by atoms with Crippen LogP contribution in [0.2, 0.25) is 10.0 Å². The SMILES string of the molecule is Cc1cc2c(cc1C)NC(c1cc(Cl)cc(Cl)c1O)C1=C(CC(C)(C)CC1=O)N2. The molecule has 0 spiro atoms. The minimum Gasteiger partial charge on any atom is -0.506 e. The lowest BCUT2D eigenvalue weighted by Crippen LogP contribution is -2.31. The molecule has 2 aromatic rings. The van der Waals surface area contributed by atoms with Crippen LogP contribution in [0.1, 0.15) is 49.4 Å². The number of benzene rings is 2. The highest BCUT2D eigenvalue weighted by Gasteiger charge is 2.39. The summed E-state index contributed by atoms with van der Waals surface area (Å²) in [4.78, 5) is 13.3. The minimum atomic E-state index is -0.555. The number of allylic oxidation sites excluding steroid dienone is 1. The molecule has 1 atom stereocenters. The molecule has 0 radical (unpaired) electrons. The van der Waals surface area contributed by atoms with Crippen LogP contribution in [0.15, 0.2) is 35.5 Å². The van der Waals surface area contributed by atoms with E-state index in [1.165, 1.54) is 6.07 Å². The zero-order chi connectivity index (χ0) is 21.1. The van der Waals surface area contributed by atoms with E-state index in [0.717, 1.165) is 34.6 Å². The first kappa shape index (κ1) is 20.1. The number of hydrogen-bond donors (Lipinski definition) is 3. The summed E-state index contributed by atoms with van der Waals surface area (Å²) in [5.74, 6) is -0.0108. The lowest BCUT2D eigenvalue weighted by Gasteiger charge is -2.34. The van der Waals surface area contributed by atoms with Crippen LogP contribution in [0.5, 0.6) is 5.75 Å². The highest BCUT2D eigenvalue weighted by Crippen LogP contribution is 2.48. The van der Waals surface area contributed by atoms with Crippen molar-refractivity contribution in [3.8, 4) is 5.75 Å². The maximum absolute atomic E-state index is 13.3. The number of carbonyl (C=O) groups excluding carboxylic acids is 1. The molecule has 2 aromatic carbocycles. The number of phenols is 1. The molecule has 152 valence electrons. The molecule has 1 heterocycles. The fourth-order valence-electron chi connectivity index (χ4n) is 4.25. The van der Waals surface area contributed by atoms with Crippen LogP contribution < -0.4 is 10.6 Å². The van der Waals surface area contributed by atoms with Gasteiger partial charge in [-0.1, -0.05) is 37.0 Å². The average molecular weight is 431 g/mol. The Kier molecular flexibility index (Phi) is 4.83. The van der Waals surface area contributed by atoms with Crippen molar-refractivity contribution in [2.24, 2.45) is 5.41 Å². The summed E-state index contributed by atoms with van der Waals surface area (Å²) in [6.07, 6.45) is 1.17. The van der Waals surface area contributed by atoms with Gasteiger partial charge in [0.25, 0.3) is 0 Å². The van der Waals surface area contributed by atoms with Gasteiger partial charge in [-0.25, -0.2) is 0 Å². The molecule has 0 aromatic heterocycles. The summed E-state index contributed by atoms with van der Waals surface area (Å²) in [6, 6.07) is 6.76. The van der Waals surface area contributed by atoms with Crippen molar-refractivity contribution in [3.05, 3.63) is 62.3 Å². The van der Waals surface area contributed by atoms with E-state index in [1.807, 2.05) is 6.92 Å². The van der Waals surface area contributed by atoms with Gasteiger partial charge in [-0.3, -0.25) is 4.79 Å². The van der Waals surface area contributed by atoms with Gasteiger partial charge in [-0.15, -0.1) is 0 Å². The van der Waals surface area contributed by atoms with Crippen molar-refractivity contribution < 1.29 is 9.90 Å². The normalized spacial score (nSPS) is 20.3. The van der Waals surface area contributed by atoms with Crippen LogP contribution in [0.25, 0.3) is 0 Å². The van der Waals surface area contributed by atoms with Gasteiger partial charge in [0.1, 0.15) is 5.75 Å². The number of Topliss-reactive ketones (excluding diaryl/α,β-unsaturated/α-hetero) is 1. The van der Waals surface area contributed by atoms with Gasteiger partial charge >= 0.3 is 0 Å². The predicted octanol–water partition coefficient (Wildman–Crippen LogP) is 6.54. The first-order valence-corrected chi connectivity index (χ1v) is 10.4. The van der Waals surface area contributed by atoms with E-state index in [4.69, 9.17) is 23.2 Å². The second-order valence-corrected chi connectivity index (χ2v) is 9.69. The van der Waals surface area contributed by atoms with Crippen LogP contribution in [0.3, 0.4) is 0 Å². The molecule has 0 saturated carbocycles. The average Bonchev–Trinajstić information content (AvgIpc) is 2.74. The molecular weight excluding hydrogens is 407 g/mol. The highest BCUT2D eigenvalue weighted by molar-refractivity contribution is 6.35. The summed E-state index contributed by atoms with van der Waals surface area (Å²) >= 11 is 12.4. The van der Waals surface area contributed by atoms with Crippen molar-refractivity contribution in [3.63, 3.8) is 0 Å². The molecule has 1 aliphatic carbocycles. The Hall–Kier alpha value is -2.17. The van der Waals surface area contributed by atoms with E-state index in [1.54, 1.807) is 6.07 Å². The molecule has 1 aliphatic heterocycles.